The van der Waals surface area contributed by atoms with Crippen molar-refractivity contribution in [3.05, 3.63) is 17.4 Å². The van der Waals surface area contributed by atoms with E-state index in [0.717, 1.165) is 19.0 Å². The maximum atomic E-state index is 5.75. The monoisotopic (exact) mass is 240 g/mol. The summed E-state index contributed by atoms with van der Waals surface area (Å²) in [5, 5.41) is 4.08. The molecule has 0 radical (unpaired) electrons. The van der Waals surface area contributed by atoms with Gasteiger partial charge in [-0.1, -0.05) is 18.0 Å². The van der Waals surface area contributed by atoms with Crippen molar-refractivity contribution in [3.63, 3.8) is 0 Å². The van der Waals surface area contributed by atoms with Gasteiger partial charge < -0.3 is 10.2 Å². The van der Waals surface area contributed by atoms with Gasteiger partial charge in [-0.15, -0.1) is 0 Å². The third kappa shape index (κ3) is 3.06. The highest BCUT2D eigenvalue weighted by Gasteiger charge is 2.15. The molecule has 88 valence electrons. The molecule has 2 rings (SSSR count). The maximum absolute atomic E-state index is 5.75. The van der Waals surface area contributed by atoms with Crippen LogP contribution in [0.15, 0.2) is 12.4 Å². The number of rotatable bonds is 3. The van der Waals surface area contributed by atoms with Crippen molar-refractivity contribution in [2.24, 2.45) is 0 Å². The molecule has 5 heteroatoms. The van der Waals surface area contributed by atoms with Gasteiger partial charge in [0.15, 0.2) is 0 Å². The highest BCUT2D eigenvalue weighted by Crippen LogP contribution is 2.12. The highest BCUT2D eigenvalue weighted by molar-refractivity contribution is 6.30. The minimum atomic E-state index is 0.554. The Balaban J connectivity index is 1.91. The molecule has 16 heavy (non-hydrogen) atoms. The van der Waals surface area contributed by atoms with Crippen molar-refractivity contribution in [2.75, 3.05) is 25.0 Å². The number of hydrogen-bond donors (Lipinski definition) is 1. The molecule has 4 nitrogen and oxygen atoms in total. The lowest BCUT2D eigenvalue weighted by molar-refractivity contribution is 0.402. The van der Waals surface area contributed by atoms with E-state index in [2.05, 4.69) is 20.2 Å². The molecule has 1 atom stereocenters. The van der Waals surface area contributed by atoms with Crippen LogP contribution in [0.4, 0.5) is 5.95 Å². The third-order valence-corrected chi connectivity index (χ3v) is 3.05. The second-order valence-corrected chi connectivity index (χ2v) is 4.67. The molecule has 0 unspecified atom stereocenters. The van der Waals surface area contributed by atoms with Crippen LogP contribution in [0.1, 0.15) is 19.3 Å². The molecule has 0 amide bonds. The van der Waals surface area contributed by atoms with Crippen molar-refractivity contribution >= 4 is 17.5 Å². The van der Waals surface area contributed by atoms with Gasteiger partial charge in [-0.3, -0.25) is 0 Å². The van der Waals surface area contributed by atoms with Gasteiger partial charge >= 0.3 is 0 Å². The van der Waals surface area contributed by atoms with E-state index < -0.39 is 0 Å². The zero-order chi connectivity index (χ0) is 11.4. The topological polar surface area (TPSA) is 41.0 Å². The van der Waals surface area contributed by atoms with E-state index in [0.29, 0.717) is 11.1 Å². The molecule has 1 aromatic rings. The first-order valence-electron chi connectivity index (χ1n) is 5.68. The molecule has 1 aliphatic heterocycles. The fraction of sp³-hybridized carbons (Fsp3) is 0.636. The molecule has 0 aromatic carbocycles. The summed E-state index contributed by atoms with van der Waals surface area (Å²) in [5.74, 6) is 0.733. The van der Waals surface area contributed by atoms with E-state index >= 15 is 0 Å². The molecule has 0 aliphatic carbocycles. The first kappa shape index (κ1) is 11.6. The minimum absolute atomic E-state index is 0.554. The SMILES string of the molecule is CN(C[C@@H]1CCCCN1)c1ncc(Cl)cn1. The van der Waals surface area contributed by atoms with Crippen LogP contribution in [-0.4, -0.2) is 36.1 Å². The van der Waals surface area contributed by atoms with Crippen molar-refractivity contribution in [1.29, 1.82) is 0 Å². The largest absolute Gasteiger partial charge is 0.342 e. The van der Waals surface area contributed by atoms with Gasteiger partial charge in [-0.25, -0.2) is 9.97 Å². The second kappa shape index (κ2) is 5.46. The number of likely N-dealkylation sites (N-methyl/N-ethyl adjacent to an activating group) is 1. The maximum Gasteiger partial charge on any atom is 0.225 e. The van der Waals surface area contributed by atoms with Gasteiger partial charge in [0.2, 0.25) is 5.95 Å². The molecule has 0 spiro atoms. The van der Waals surface area contributed by atoms with E-state index in [1.165, 1.54) is 19.3 Å². The Kier molecular flexibility index (Phi) is 3.96. The van der Waals surface area contributed by atoms with Crippen LogP contribution in [0.25, 0.3) is 0 Å². The number of aromatic nitrogens is 2. The van der Waals surface area contributed by atoms with Crippen molar-refractivity contribution < 1.29 is 0 Å². The molecule has 0 bridgehead atoms. The highest BCUT2D eigenvalue weighted by atomic mass is 35.5. The van der Waals surface area contributed by atoms with Gasteiger partial charge in [-0.2, -0.15) is 0 Å². The number of anilines is 1. The Labute approximate surface area is 101 Å². The summed E-state index contributed by atoms with van der Waals surface area (Å²) in [6.45, 7) is 2.07. The molecule has 1 aromatic heterocycles. The summed E-state index contributed by atoms with van der Waals surface area (Å²) < 4.78 is 0. The quantitative estimate of drug-likeness (QED) is 0.874. The van der Waals surface area contributed by atoms with Crippen LogP contribution in [0, 0.1) is 0 Å². The van der Waals surface area contributed by atoms with E-state index in [1.54, 1.807) is 12.4 Å². The summed E-state index contributed by atoms with van der Waals surface area (Å²) in [7, 11) is 2.01. The van der Waals surface area contributed by atoms with Crippen LogP contribution in [0.3, 0.4) is 0 Å². The molecule has 0 saturated carbocycles. The smallest absolute Gasteiger partial charge is 0.225 e. The van der Waals surface area contributed by atoms with Crippen LogP contribution in [0.2, 0.25) is 5.02 Å². The Morgan fingerprint density at radius 2 is 2.19 bits per heavy atom. The standard InChI is InChI=1S/C11H17ClN4/c1-16(8-10-4-2-3-5-13-10)11-14-6-9(12)7-15-11/h6-7,10,13H,2-5,8H2,1H3/t10-/m0/s1. The minimum Gasteiger partial charge on any atom is -0.342 e. The van der Waals surface area contributed by atoms with Crippen molar-refractivity contribution in [3.8, 4) is 0 Å². The third-order valence-electron chi connectivity index (χ3n) is 2.85. The van der Waals surface area contributed by atoms with E-state index in [9.17, 15) is 0 Å². The summed E-state index contributed by atoms with van der Waals surface area (Å²) >= 11 is 5.75. The average molecular weight is 241 g/mol. The van der Waals surface area contributed by atoms with Gasteiger partial charge in [0.05, 0.1) is 17.4 Å². The van der Waals surface area contributed by atoms with Crippen LogP contribution < -0.4 is 10.2 Å². The normalized spacial score (nSPS) is 20.8. The van der Waals surface area contributed by atoms with Crippen molar-refractivity contribution in [1.82, 2.24) is 15.3 Å². The summed E-state index contributed by atoms with van der Waals surface area (Å²) in [5.41, 5.74) is 0. The molecule has 1 fully saturated rings. The molecule has 1 N–H and O–H groups in total. The lowest BCUT2D eigenvalue weighted by atomic mass is 10.0. The van der Waals surface area contributed by atoms with Crippen LogP contribution in [-0.2, 0) is 0 Å². The van der Waals surface area contributed by atoms with Crippen LogP contribution in [0.5, 0.6) is 0 Å². The summed E-state index contributed by atoms with van der Waals surface area (Å²) in [6, 6.07) is 0.554. The van der Waals surface area contributed by atoms with Gasteiger partial charge in [0, 0.05) is 19.6 Å². The molecular formula is C11H17ClN4. The predicted molar refractivity (Wildman–Crippen MR) is 66.0 cm³/mol. The summed E-state index contributed by atoms with van der Waals surface area (Å²) in [4.78, 5) is 10.5. The Hall–Kier alpha value is -0.870. The number of piperidine rings is 1. The average Bonchev–Trinajstić information content (AvgIpc) is 2.31. The van der Waals surface area contributed by atoms with Crippen molar-refractivity contribution in [2.45, 2.75) is 25.3 Å². The molecule has 1 saturated heterocycles. The Bertz CT molecular complexity index is 321. The fourth-order valence-corrected chi connectivity index (χ4v) is 2.09. The Morgan fingerprint density at radius 1 is 1.44 bits per heavy atom. The molecular weight excluding hydrogens is 224 g/mol. The first-order chi connectivity index (χ1) is 7.75. The number of halogens is 1. The van der Waals surface area contributed by atoms with E-state index in [-0.39, 0.29) is 0 Å². The summed E-state index contributed by atoms with van der Waals surface area (Å²) in [6.07, 6.45) is 7.10. The number of nitrogens with zero attached hydrogens (tertiary/aromatic N) is 3. The Morgan fingerprint density at radius 3 is 2.81 bits per heavy atom. The van der Waals surface area contributed by atoms with E-state index in [4.69, 9.17) is 11.6 Å². The number of nitrogens with one attached hydrogen (secondary N) is 1. The van der Waals surface area contributed by atoms with Crippen LogP contribution >= 0.6 is 11.6 Å². The van der Waals surface area contributed by atoms with Gasteiger partial charge in [-0.05, 0) is 19.4 Å². The van der Waals surface area contributed by atoms with Gasteiger partial charge in [0.1, 0.15) is 0 Å². The van der Waals surface area contributed by atoms with E-state index in [1.807, 2.05) is 7.05 Å². The molecule has 2 heterocycles. The fourth-order valence-electron chi connectivity index (χ4n) is 1.99. The molecule has 1 aliphatic rings. The zero-order valence-electron chi connectivity index (χ0n) is 9.49. The predicted octanol–water partition coefficient (Wildman–Crippen LogP) is 1.71. The lowest BCUT2D eigenvalue weighted by Crippen LogP contribution is -2.42. The first-order valence-corrected chi connectivity index (χ1v) is 6.05. The lowest BCUT2D eigenvalue weighted by Gasteiger charge is -2.28. The zero-order valence-corrected chi connectivity index (χ0v) is 10.2. The van der Waals surface area contributed by atoms with Gasteiger partial charge in [0.25, 0.3) is 0 Å². The number of hydrogen-bond acceptors (Lipinski definition) is 4. The second-order valence-electron chi connectivity index (χ2n) is 4.23.